The normalized spacial score (nSPS) is 18.6. The average molecular weight is 449 g/mol. The summed E-state index contributed by atoms with van der Waals surface area (Å²) in [6, 6.07) is 12.2. The molecule has 0 saturated carbocycles. The van der Waals surface area contributed by atoms with Crippen LogP contribution in [0, 0.1) is 10.1 Å². The lowest BCUT2D eigenvalue weighted by Gasteiger charge is -2.29. The number of benzene rings is 2. The number of nitro benzene ring substituents is 1. The van der Waals surface area contributed by atoms with Crippen molar-refractivity contribution in [3.8, 4) is 0 Å². The standard InChI is InChI=1S/C24H23N3O6/c28-22-18-7-1-2-8-19(18)33-23-20(22)21(16-5-3-6-17(15-16)27(30)31)26(24(23)29)10-4-9-25-11-13-32-14-12-25/h1-3,5-8,15,21H,4,9-14H2/t21-/m0/s1. The quantitative estimate of drug-likeness (QED) is 0.421. The number of rotatable bonds is 6. The summed E-state index contributed by atoms with van der Waals surface area (Å²) in [4.78, 5) is 41.6. The van der Waals surface area contributed by atoms with E-state index in [2.05, 4.69) is 4.90 Å². The highest BCUT2D eigenvalue weighted by Crippen LogP contribution is 2.39. The number of morpholine rings is 1. The topological polar surface area (TPSA) is 106 Å². The molecule has 0 unspecified atom stereocenters. The van der Waals surface area contributed by atoms with E-state index in [1.165, 1.54) is 12.1 Å². The number of hydrogen-bond acceptors (Lipinski definition) is 7. The lowest BCUT2D eigenvalue weighted by Crippen LogP contribution is -2.38. The molecule has 9 nitrogen and oxygen atoms in total. The third-order valence-electron chi connectivity index (χ3n) is 6.25. The fourth-order valence-corrected chi connectivity index (χ4v) is 4.64. The number of nitrogens with zero attached hydrogens (tertiary/aromatic N) is 3. The molecule has 5 rings (SSSR count). The van der Waals surface area contributed by atoms with Crippen LogP contribution >= 0.6 is 0 Å². The van der Waals surface area contributed by atoms with Gasteiger partial charge in [-0.1, -0.05) is 24.3 Å². The lowest BCUT2D eigenvalue weighted by atomic mass is 9.98. The summed E-state index contributed by atoms with van der Waals surface area (Å²) >= 11 is 0. The van der Waals surface area contributed by atoms with Crippen LogP contribution in [0.4, 0.5) is 5.69 Å². The Hall–Kier alpha value is -3.56. The van der Waals surface area contributed by atoms with E-state index in [-0.39, 0.29) is 28.3 Å². The third kappa shape index (κ3) is 3.90. The molecule has 0 aliphatic carbocycles. The van der Waals surface area contributed by atoms with Crippen LogP contribution in [0.15, 0.2) is 57.7 Å². The van der Waals surface area contributed by atoms with E-state index in [1.54, 1.807) is 41.3 Å². The van der Waals surface area contributed by atoms with Gasteiger partial charge in [-0.3, -0.25) is 24.6 Å². The molecule has 9 heteroatoms. The van der Waals surface area contributed by atoms with E-state index in [0.29, 0.717) is 42.7 Å². The van der Waals surface area contributed by atoms with Gasteiger partial charge in [0, 0.05) is 38.3 Å². The second kappa shape index (κ2) is 8.76. The molecule has 1 atom stereocenters. The zero-order valence-corrected chi connectivity index (χ0v) is 17.9. The number of hydrogen-bond donors (Lipinski definition) is 0. The second-order valence-corrected chi connectivity index (χ2v) is 8.23. The molecule has 0 radical (unpaired) electrons. The van der Waals surface area contributed by atoms with Crippen molar-refractivity contribution in [3.05, 3.63) is 85.8 Å². The number of para-hydroxylation sites is 1. The first-order valence-corrected chi connectivity index (χ1v) is 11.0. The van der Waals surface area contributed by atoms with E-state index in [9.17, 15) is 19.7 Å². The van der Waals surface area contributed by atoms with Gasteiger partial charge in [0.05, 0.1) is 35.1 Å². The van der Waals surface area contributed by atoms with Crippen molar-refractivity contribution in [1.29, 1.82) is 0 Å². The Bertz CT molecular complexity index is 1280. The Labute approximate surface area is 189 Å². The second-order valence-electron chi connectivity index (χ2n) is 8.23. The molecule has 2 aromatic carbocycles. The van der Waals surface area contributed by atoms with Crippen molar-refractivity contribution in [2.45, 2.75) is 12.5 Å². The van der Waals surface area contributed by atoms with Crippen LogP contribution in [0.3, 0.4) is 0 Å². The molecule has 0 N–H and O–H groups in total. The van der Waals surface area contributed by atoms with E-state index < -0.39 is 11.0 Å². The molecule has 0 spiro atoms. The summed E-state index contributed by atoms with van der Waals surface area (Å²) in [6.07, 6.45) is 0.693. The molecule has 1 amide bonds. The first-order chi connectivity index (χ1) is 16.0. The minimum Gasteiger partial charge on any atom is -0.450 e. The number of carbonyl (C=O) groups is 1. The van der Waals surface area contributed by atoms with Crippen molar-refractivity contribution in [2.24, 2.45) is 0 Å². The van der Waals surface area contributed by atoms with Crippen molar-refractivity contribution in [3.63, 3.8) is 0 Å². The van der Waals surface area contributed by atoms with Gasteiger partial charge in [0.25, 0.3) is 11.6 Å². The fourth-order valence-electron chi connectivity index (χ4n) is 4.64. The summed E-state index contributed by atoms with van der Waals surface area (Å²) < 4.78 is 11.3. The number of fused-ring (bicyclic) bond motifs is 2. The summed E-state index contributed by atoms with van der Waals surface area (Å²) in [5.41, 5.74) is 0.734. The molecule has 0 bridgehead atoms. The van der Waals surface area contributed by atoms with Crippen LogP contribution in [0.1, 0.15) is 34.1 Å². The summed E-state index contributed by atoms with van der Waals surface area (Å²) in [6.45, 7) is 4.24. The van der Waals surface area contributed by atoms with Crippen LogP contribution in [0.25, 0.3) is 11.0 Å². The van der Waals surface area contributed by atoms with Gasteiger partial charge in [0.1, 0.15) is 5.58 Å². The molecule has 1 aromatic heterocycles. The predicted molar refractivity (Wildman–Crippen MR) is 120 cm³/mol. The maximum atomic E-state index is 13.4. The first-order valence-electron chi connectivity index (χ1n) is 11.0. The predicted octanol–water partition coefficient (Wildman–Crippen LogP) is 2.97. The van der Waals surface area contributed by atoms with Gasteiger partial charge in [-0.05, 0) is 24.1 Å². The number of nitro groups is 1. The largest absolute Gasteiger partial charge is 0.450 e. The Balaban J connectivity index is 1.55. The molecular formula is C24H23N3O6. The number of non-ortho nitro benzene ring substituents is 1. The van der Waals surface area contributed by atoms with Crippen LogP contribution in [0.2, 0.25) is 0 Å². The number of ether oxygens (including phenoxy) is 1. The van der Waals surface area contributed by atoms with Crippen molar-refractivity contribution in [2.75, 3.05) is 39.4 Å². The van der Waals surface area contributed by atoms with Gasteiger partial charge < -0.3 is 14.1 Å². The van der Waals surface area contributed by atoms with E-state index >= 15 is 0 Å². The minimum absolute atomic E-state index is 0.0154. The Morgan fingerprint density at radius 2 is 1.82 bits per heavy atom. The van der Waals surface area contributed by atoms with Crippen LogP contribution in [-0.4, -0.2) is 60.0 Å². The Morgan fingerprint density at radius 1 is 1.03 bits per heavy atom. The SMILES string of the molecule is O=C1c2oc3ccccc3c(=O)c2[C@H](c2cccc([N+](=O)[O-])c2)N1CCCN1CCOCC1. The maximum Gasteiger partial charge on any atom is 0.290 e. The monoisotopic (exact) mass is 449 g/mol. The molecule has 33 heavy (non-hydrogen) atoms. The molecular weight excluding hydrogens is 426 g/mol. The maximum absolute atomic E-state index is 13.4. The summed E-state index contributed by atoms with van der Waals surface area (Å²) in [5, 5.41) is 11.8. The lowest BCUT2D eigenvalue weighted by molar-refractivity contribution is -0.384. The van der Waals surface area contributed by atoms with Gasteiger partial charge >= 0.3 is 0 Å². The Kier molecular flexibility index (Phi) is 5.65. The van der Waals surface area contributed by atoms with Crippen LogP contribution < -0.4 is 5.43 Å². The zero-order chi connectivity index (χ0) is 22.9. The minimum atomic E-state index is -0.738. The molecule has 3 aromatic rings. The highest BCUT2D eigenvalue weighted by Gasteiger charge is 2.42. The van der Waals surface area contributed by atoms with Gasteiger partial charge in [-0.25, -0.2) is 0 Å². The molecule has 1 fully saturated rings. The van der Waals surface area contributed by atoms with Gasteiger partial charge in [-0.2, -0.15) is 0 Å². The van der Waals surface area contributed by atoms with Gasteiger partial charge in [-0.15, -0.1) is 0 Å². The molecule has 1 saturated heterocycles. The average Bonchev–Trinajstić information content (AvgIpc) is 3.12. The fraction of sp³-hybridized carbons (Fsp3) is 0.333. The smallest absolute Gasteiger partial charge is 0.290 e. The van der Waals surface area contributed by atoms with Crippen molar-refractivity contribution in [1.82, 2.24) is 9.80 Å². The van der Waals surface area contributed by atoms with Crippen molar-refractivity contribution >= 4 is 22.6 Å². The summed E-state index contributed by atoms with van der Waals surface area (Å²) in [7, 11) is 0. The Morgan fingerprint density at radius 3 is 2.61 bits per heavy atom. The highest BCUT2D eigenvalue weighted by atomic mass is 16.6. The zero-order valence-electron chi connectivity index (χ0n) is 17.9. The first kappa shape index (κ1) is 21.3. The number of amides is 1. The van der Waals surface area contributed by atoms with Crippen LogP contribution in [0.5, 0.6) is 0 Å². The highest BCUT2D eigenvalue weighted by molar-refractivity contribution is 5.99. The third-order valence-corrected chi connectivity index (χ3v) is 6.25. The summed E-state index contributed by atoms with van der Waals surface area (Å²) in [5.74, 6) is -0.354. The van der Waals surface area contributed by atoms with Gasteiger partial charge in [0.2, 0.25) is 5.76 Å². The van der Waals surface area contributed by atoms with Crippen LogP contribution in [-0.2, 0) is 4.74 Å². The van der Waals surface area contributed by atoms with E-state index in [1.807, 2.05) is 0 Å². The van der Waals surface area contributed by atoms with E-state index in [0.717, 1.165) is 19.6 Å². The molecule has 2 aliphatic rings. The van der Waals surface area contributed by atoms with Crippen molar-refractivity contribution < 1.29 is 18.9 Å². The molecule has 3 heterocycles. The van der Waals surface area contributed by atoms with E-state index in [4.69, 9.17) is 9.15 Å². The molecule has 170 valence electrons. The number of carbonyl (C=O) groups excluding carboxylic acids is 1. The molecule has 2 aliphatic heterocycles. The van der Waals surface area contributed by atoms with Gasteiger partial charge in [0.15, 0.2) is 5.43 Å².